The number of hydrogen-bond donors (Lipinski definition) is 1. The van der Waals surface area contributed by atoms with E-state index in [9.17, 15) is 0 Å². The fourth-order valence-electron chi connectivity index (χ4n) is 2.98. The molecular weight excluding hydrogens is 234 g/mol. The monoisotopic (exact) mass is 261 g/mol. The molecule has 0 amide bonds. The Bertz CT molecular complexity index is 352. The Morgan fingerprint density at radius 2 is 2.26 bits per heavy atom. The maximum absolute atomic E-state index is 4.44. The fourth-order valence-corrected chi connectivity index (χ4v) is 2.98. The second-order valence-electron chi connectivity index (χ2n) is 5.57. The molecule has 3 heteroatoms. The van der Waals surface area contributed by atoms with Crippen molar-refractivity contribution >= 4 is 0 Å². The number of aromatic nitrogens is 1. The molecule has 1 aromatic rings. The molecule has 1 N–H and O–H groups in total. The Labute approximate surface area is 117 Å². The van der Waals surface area contributed by atoms with Crippen LogP contribution in [0.4, 0.5) is 0 Å². The molecular formula is C16H27N3. The van der Waals surface area contributed by atoms with Crippen molar-refractivity contribution in [1.82, 2.24) is 15.2 Å². The van der Waals surface area contributed by atoms with Gasteiger partial charge in [-0.1, -0.05) is 26.3 Å². The molecule has 0 spiro atoms. The van der Waals surface area contributed by atoms with E-state index < -0.39 is 0 Å². The molecule has 2 heterocycles. The Balaban J connectivity index is 1.86. The first kappa shape index (κ1) is 14.5. The zero-order chi connectivity index (χ0) is 13.5. The Morgan fingerprint density at radius 3 is 2.95 bits per heavy atom. The smallest absolute Gasteiger partial charge is 0.0543 e. The van der Waals surface area contributed by atoms with Crippen LogP contribution in [0, 0.1) is 5.92 Å². The van der Waals surface area contributed by atoms with Gasteiger partial charge < -0.3 is 5.32 Å². The number of likely N-dealkylation sites (tertiary alicyclic amines) is 1. The average Bonchev–Trinajstić information content (AvgIpc) is 2.47. The summed E-state index contributed by atoms with van der Waals surface area (Å²) in [5.74, 6) is 0.781. The summed E-state index contributed by atoms with van der Waals surface area (Å²) in [7, 11) is 0. The van der Waals surface area contributed by atoms with E-state index >= 15 is 0 Å². The number of nitrogens with one attached hydrogen (secondary N) is 1. The van der Waals surface area contributed by atoms with E-state index in [1.807, 2.05) is 12.3 Å². The van der Waals surface area contributed by atoms with Gasteiger partial charge >= 0.3 is 0 Å². The first-order valence-electron chi connectivity index (χ1n) is 7.69. The van der Waals surface area contributed by atoms with Crippen LogP contribution in [0.15, 0.2) is 24.4 Å². The van der Waals surface area contributed by atoms with E-state index in [2.05, 4.69) is 41.2 Å². The molecule has 1 aromatic heterocycles. The fraction of sp³-hybridized carbons (Fsp3) is 0.688. The zero-order valence-corrected chi connectivity index (χ0v) is 12.3. The minimum atomic E-state index is 0.713. The van der Waals surface area contributed by atoms with E-state index in [1.165, 1.54) is 38.0 Å². The molecule has 2 unspecified atom stereocenters. The van der Waals surface area contributed by atoms with Crippen LogP contribution in [-0.4, -0.2) is 35.6 Å². The Kier molecular flexibility index (Phi) is 5.80. The van der Waals surface area contributed by atoms with Gasteiger partial charge in [0.25, 0.3) is 0 Å². The van der Waals surface area contributed by atoms with Gasteiger partial charge in [0.15, 0.2) is 0 Å². The highest BCUT2D eigenvalue weighted by Gasteiger charge is 2.27. The van der Waals surface area contributed by atoms with Crippen molar-refractivity contribution in [3.8, 4) is 0 Å². The molecule has 0 aromatic carbocycles. The van der Waals surface area contributed by atoms with Crippen LogP contribution in [0.1, 0.15) is 38.8 Å². The van der Waals surface area contributed by atoms with E-state index in [1.54, 1.807) is 0 Å². The number of piperidine rings is 1. The van der Waals surface area contributed by atoms with Gasteiger partial charge in [-0.3, -0.25) is 9.88 Å². The predicted octanol–water partition coefficient (Wildman–Crippen LogP) is 2.68. The van der Waals surface area contributed by atoms with Crippen molar-refractivity contribution in [2.75, 3.05) is 19.6 Å². The Morgan fingerprint density at radius 1 is 1.37 bits per heavy atom. The molecule has 1 aliphatic rings. The topological polar surface area (TPSA) is 28.2 Å². The third-order valence-corrected chi connectivity index (χ3v) is 4.11. The number of nitrogens with zero attached hydrogens (tertiary/aromatic N) is 2. The summed E-state index contributed by atoms with van der Waals surface area (Å²) in [6, 6.07) is 6.90. The van der Waals surface area contributed by atoms with Crippen LogP contribution in [0.3, 0.4) is 0 Å². The third kappa shape index (κ3) is 4.29. The molecule has 2 rings (SSSR count). The van der Waals surface area contributed by atoms with Crippen LogP contribution in [0.25, 0.3) is 0 Å². The molecule has 1 fully saturated rings. The summed E-state index contributed by atoms with van der Waals surface area (Å²) in [6.07, 6.45) is 5.65. The van der Waals surface area contributed by atoms with Crippen molar-refractivity contribution in [3.63, 3.8) is 0 Å². The lowest BCUT2D eigenvalue weighted by Gasteiger charge is -2.38. The van der Waals surface area contributed by atoms with Crippen LogP contribution in [0.5, 0.6) is 0 Å². The molecule has 106 valence electrons. The minimum Gasteiger partial charge on any atom is -0.314 e. The molecule has 3 nitrogen and oxygen atoms in total. The maximum atomic E-state index is 4.44. The molecule has 0 radical (unpaired) electrons. The van der Waals surface area contributed by atoms with Gasteiger partial charge in [0.05, 0.1) is 5.69 Å². The first-order chi connectivity index (χ1) is 9.33. The summed E-state index contributed by atoms with van der Waals surface area (Å²) in [5, 5.41) is 3.71. The molecule has 0 aliphatic carbocycles. The van der Waals surface area contributed by atoms with Crippen molar-refractivity contribution < 1.29 is 0 Å². The van der Waals surface area contributed by atoms with Crippen LogP contribution < -0.4 is 5.32 Å². The van der Waals surface area contributed by atoms with Gasteiger partial charge in [-0.2, -0.15) is 0 Å². The van der Waals surface area contributed by atoms with Gasteiger partial charge in [0.1, 0.15) is 0 Å². The molecule has 1 saturated heterocycles. The van der Waals surface area contributed by atoms with Crippen LogP contribution in [-0.2, 0) is 6.54 Å². The molecule has 19 heavy (non-hydrogen) atoms. The molecule has 2 atom stereocenters. The minimum absolute atomic E-state index is 0.713. The summed E-state index contributed by atoms with van der Waals surface area (Å²) < 4.78 is 0. The van der Waals surface area contributed by atoms with Gasteiger partial charge in [-0.15, -0.1) is 0 Å². The van der Waals surface area contributed by atoms with E-state index in [4.69, 9.17) is 0 Å². The molecule has 0 bridgehead atoms. The van der Waals surface area contributed by atoms with E-state index in [0.717, 1.165) is 19.0 Å². The third-order valence-electron chi connectivity index (χ3n) is 4.11. The summed E-state index contributed by atoms with van der Waals surface area (Å²) in [6.45, 7) is 9.10. The lowest BCUT2D eigenvalue weighted by atomic mass is 9.89. The van der Waals surface area contributed by atoms with Gasteiger partial charge in [-0.05, 0) is 37.4 Å². The van der Waals surface area contributed by atoms with Crippen LogP contribution in [0.2, 0.25) is 0 Å². The van der Waals surface area contributed by atoms with Crippen molar-refractivity contribution in [2.45, 2.75) is 45.7 Å². The van der Waals surface area contributed by atoms with Gasteiger partial charge in [0, 0.05) is 31.9 Å². The SMILES string of the molecule is CCCNC1CCN(Cc2ccccn2)CC1CC. The number of hydrogen-bond acceptors (Lipinski definition) is 3. The number of pyridine rings is 1. The maximum Gasteiger partial charge on any atom is 0.0543 e. The van der Waals surface area contributed by atoms with Gasteiger partial charge in [0.2, 0.25) is 0 Å². The van der Waals surface area contributed by atoms with Crippen molar-refractivity contribution in [2.24, 2.45) is 5.92 Å². The van der Waals surface area contributed by atoms with Gasteiger partial charge in [-0.25, -0.2) is 0 Å². The second-order valence-corrected chi connectivity index (χ2v) is 5.57. The van der Waals surface area contributed by atoms with Crippen molar-refractivity contribution in [1.29, 1.82) is 0 Å². The number of rotatable bonds is 6. The van der Waals surface area contributed by atoms with E-state index in [0.29, 0.717) is 6.04 Å². The lowest BCUT2D eigenvalue weighted by Crippen LogP contribution is -2.49. The highest BCUT2D eigenvalue weighted by Crippen LogP contribution is 2.21. The summed E-state index contributed by atoms with van der Waals surface area (Å²) in [5.41, 5.74) is 1.19. The summed E-state index contributed by atoms with van der Waals surface area (Å²) in [4.78, 5) is 6.99. The van der Waals surface area contributed by atoms with Crippen molar-refractivity contribution in [3.05, 3.63) is 30.1 Å². The quantitative estimate of drug-likeness (QED) is 0.853. The molecule has 1 aliphatic heterocycles. The largest absolute Gasteiger partial charge is 0.314 e. The normalized spacial score (nSPS) is 24.5. The highest BCUT2D eigenvalue weighted by atomic mass is 15.2. The Hall–Kier alpha value is -0.930. The van der Waals surface area contributed by atoms with E-state index in [-0.39, 0.29) is 0 Å². The average molecular weight is 261 g/mol. The first-order valence-corrected chi connectivity index (χ1v) is 7.69. The second kappa shape index (κ2) is 7.61. The molecule has 0 saturated carbocycles. The highest BCUT2D eigenvalue weighted by molar-refractivity contribution is 5.03. The predicted molar refractivity (Wildman–Crippen MR) is 80.0 cm³/mol. The standard InChI is InChI=1S/C16H27N3/c1-3-9-18-16-8-11-19(12-14(16)4-2)13-15-7-5-6-10-17-15/h5-7,10,14,16,18H,3-4,8-9,11-13H2,1-2H3. The zero-order valence-electron chi connectivity index (χ0n) is 12.3. The van der Waals surface area contributed by atoms with Crippen LogP contribution >= 0.6 is 0 Å². The summed E-state index contributed by atoms with van der Waals surface area (Å²) >= 11 is 0. The lowest BCUT2D eigenvalue weighted by molar-refractivity contribution is 0.127.